The van der Waals surface area contributed by atoms with Crippen molar-refractivity contribution in [2.75, 3.05) is 17.7 Å². The molecule has 0 saturated carbocycles. The third-order valence-electron chi connectivity index (χ3n) is 4.90. The molecule has 1 N–H and O–H groups in total. The number of hydrogen-bond donors (Lipinski definition) is 1. The van der Waals surface area contributed by atoms with E-state index in [0.717, 1.165) is 16.7 Å². The first-order valence-corrected chi connectivity index (χ1v) is 11.9. The third-order valence-corrected chi connectivity index (χ3v) is 6.95. The molecule has 0 amide bonds. The number of halogens is 3. The highest BCUT2D eigenvalue weighted by Gasteiger charge is 2.58. The van der Waals surface area contributed by atoms with Crippen LogP contribution in [-0.2, 0) is 9.84 Å². The van der Waals surface area contributed by atoms with Crippen molar-refractivity contribution >= 4 is 32.7 Å². The Kier molecular flexibility index (Phi) is 5.19. The van der Waals surface area contributed by atoms with Gasteiger partial charge in [0.25, 0.3) is 5.72 Å². The third kappa shape index (κ3) is 4.10. The van der Waals surface area contributed by atoms with Gasteiger partial charge in [-0.25, -0.2) is 13.4 Å². The first-order valence-electron chi connectivity index (χ1n) is 9.09. The van der Waals surface area contributed by atoms with Gasteiger partial charge in [-0.15, -0.1) is 11.3 Å². The minimum atomic E-state index is -4.98. The van der Waals surface area contributed by atoms with E-state index in [1.165, 1.54) is 40.5 Å². The fraction of sp³-hybridized carbons (Fsp3) is 0.190. The summed E-state index contributed by atoms with van der Waals surface area (Å²) in [6.45, 7) is -0.837. The van der Waals surface area contributed by atoms with E-state index in [4.69, 9.17) is 0 Å². The molecule has 0 spiro atoms. The second-order valence-electron chi connectivity index (χ2n) is 7.16. The Morgan fingerprint density at radius 2 is 1.65 bits per heavy atom. The quantitative estimate of drug-likeness (QED) is 0.621. The first-order chi connectivity index (χ1) is 14.5. The van der Waals surface area contributed by atoms with Gasteiger partial charge in [-0.2, -0.15) is 13.2 Å². The molecule has 3 aromatic rings. The van der Waals surface area contributed by atoms with Gasteiger partial charge in [-0.3, -0.25) is 0 Å². The fourth-order valence-electron chi connectivity index (χ4n) is 3.25. The molecule has 1 aliphatic heterocycles. The van der Waals surface area contributed by atoms with Crippen LogP contribution < -0.4 is 4.90 Å². The zero-order valence-corrected chi connectivity index (χ0v) is 17.8. The van der Waals surface area contributed by atoms with E-state index in [9.17, 15) is 26.7 Å². The van der Waals surface area contributed by atoms with Crippen LogP contribution in [0.4, 0.5) is 18.9 Å². The van der Waals surface area contributed by atoms with E-state index in [1.54, 1.807) is 24.3 Å². The molecular weight excluding hydrogens is 449 g/mol. The summed E-state index contributed by atoms with van der Waals surface area (Å²) in [7, 11) is -3.46. The molecule has 2 aromatic carbocycles. The molecule has 1 atom stereocenters. The zero-order valence-electron chi connectivity index (χ0n) is 16.2. The summed E-state index contributed by atoms with van der Waals surface area (Å²) in [5, 5.41) is 12.2. The number of β-amino-alcohol motifs (C(OH)–C–C–N with tert-alkyl or cyclic N) is 1. The Morgan fingerprint density at radius 1 is 1.03 bits per heavy atom. The number of aliphatic hydroxyl groups is 1. The lowest BCUT2D eigenvalue weighted by atomic mass is 10.1. The van der Waals surface area contributed by atoms with Gasteiger partial charge in [0.05, 0.1) is 11.4 Å². The Hall–Kier alpha value is -2.69. The highest BCUT2D eigenvalue weighted by atomic mass is 32.2. The van der Waals surface area contributed by atoms with Gasteiger partial charge >= 0.3 is 6.18 Å². The second kappa shape index (κ2) is 7.47. The van der Waals surface area contributed by atoms with Gasteiger partial charge in [0.2, 0.25) is 0 Å². The first kappa shape index (κ1) is 21.5. The van der Waals surface area contributed by atoms with Crippen LogP contribution in [0.3, 0.4) is 0 Å². The van der Waals surface area contributed by atoms with Gasteiger partial charge in [-0.05, 0) is 41.3 Å². The Balaban J connectivity index is 1.75. The van der Waals surface area contributed by atoms with Crippen molar-refractivity contribution in [3.63, 3.8) is 0 Å². The number of hydrogen-bond acceptors (Lipinski definition) is 6. The maximum atomic E-state index is 13.5. The molecule has 1 aliphatic rings. The summed E-state index contributed by atoms with van der Waals surface area (Å²) in [4.78, 5) is 5.93. The molecule has 4 rings (SSSR count). The van der Waals surface area contributed by atoms with E-state index < -0.39 is 28.3 Å². The minimum absolute atomic E-state index is 0.0420. The monoisotopic (exact) mass is 466 g/mol. The lowest BCUT2D eigenvalue weighted by Gasteiger charge is -2.25. The maximum Gasteiger partial charge on any atom is 0.440 e. The predicted molar refractivity (Wildman–Crippen MR) is 114 cm³/mol. The highest BCUT2D eigenvalue weighted by molar-refractivity contribution is 7.90. The summed E-state index contributed by atoms with van der Waals surface area (Å²) in [6, 6.07) is 16.1. The van der Waals surface area contributed by atoms with Crippen molar-refractivity contribution in [2.24, 2.45) is 4.99 Å². The van der Waals surface area contributed by atoms with Crippen LogP contribution in [0.25, 0.3) is 10.4 Å². The van der Waals surface area contributed by atoms with E-state index >= 15 is 0 Å². The average molecular weight is 467 g/mol. The predicted octanol–water partition coefficient (Wildman–Crippen LogP) is 4.34. The lowest BCUT2D eigenvalue weighted by molar-refractivity contribution is -0.249. The molecule has 31 heavy (non-hydrogen) atoms. The standard InChI is InChI=1S/C21H17F3N2O3S2/c1-31(28,29)17-10-8-16(9-11-17)26-13-20(27,21(22,23)24)25-19(26)15-6-4-14(5-7-15)18-3-2-12-30-18/h2-12,27H,13H2,1H3. The summed E-state index contributed by atoms with van der Waals surface area (Å²) >= 11 is 1.54. The molecular formula is C21H17F3N2O3S2. The van der Waals surface area contributed by atoms with Crippen LogP contribution in [0.5, 0.6) is 0 Å². The zero-order chi connectivity index (χ0) is 22.4. The number of sulfone groups is 1. The Morgan fingerprint density at radius 3 is 2.16 bits per heavy atom. The summed E-state index contributed by atoms with van der Waals surface area (Å²) < 4.78 is 64.0. The molecule has 0 fully saturated rings. The normalized spacial score (nSPS) is 19.5. The van der Waals surface area contributed by atoms with Crippen LogP contribution in [0.2, 0.25) is 0 Å². The number of benzene rings is 2. The van der Waals surface area contributed by atoms with Crippen LogP contribution in [-0.4, -0.2) is 44.1 Å². The summed E-state index contributed by atoms with van der Waals surface area (Å²) in [6.07, 6.45) is -3.93. The lowest BCUT2D eigenvalue weighted by Crippen LogP contribution is -2.47. The van der Waals surface area contributed by atoms with Crippen LogP contribution in [0.1, 0.15) is 5.56 Å². The van der Waals surface area contributed by atoms with E-state index in [0.29, 0.717) is 5.56 Å². The summed E-state index contributed by atoms with van der Waals surface area (Å²) in [5.41, 5.74) is -1.68. The van der Waals surface area contributed by atoms with Crippen LogP contribution in [0.15, 0.2) is 75.9 Å². The number of alkyl halides is 3. The second-order valence-corrected chi connectivity index (χ2v) is 10.1. The number of rotatable bonds is 4. The molecule has 0 bridgehead atoms. The smallest absolute Gasteiger partial charge is 0.361 e. The fourth-order valence-corrected chi connectivity index (χ4v) is 4.62. The number of amidine groups is 1. The van der Waals surface area contributed by atoms with Crippen molar-refractivity contribution in [2.45, 2.75) is 16.8 Å². The number of aliphatic imine (C=N–C) groups is 1. The average Bonchev–Trinajstić information content (AvgIpc) is 3.36. The molecule has 10 heteroatoms. The molecule has 0 saturated heterocycles. The van der Waals surface area contributed by atoms with Crippen molar-refractivity contribution in [1.29, 1.82) is 0 Å². The van der Waals surface area contributed by atoms with Gasteiger partial charge in [0.15, 0.2) is 9.84 Å². The van der Waals surface area contributed by atoms with E-state index in [2.05, 4.69) is 4.99 Å². The Bertz CT molecular complexity index is 1220. The summed E-state index contributed by atoms with van der Waals surface area (Å²) in [5.74, 6) is -0.0512. The van der Waals surface area contributed by atoms with Crippen molar-refractivity contribution in [1.82, 2.24) is 0 Å². The van der Waals surface area contributed by atoms with Crippen LogP contribution >= 0.6 is 11.3 Å². The number of nitrogens with zero attached hydrogens (tertiary/aromatic N) is 2. The molecule has 0 aliphatic carbocycles. The topological polar surface area (TPSA) is 70.0 Å². The molecule has 162 valence electrons. The van der Waals surface area contributed by atoms with Crippen molar-refractivity contribution in [3.05, 3.63) is 71.6 Å². The van der Waals surface area contributed by atoms with Crippen molar-refractivity contribution < 1.29 is 26.7 Å². The van der Waals surface area contributed by atoms with Gasteiger partial charge in [0, 0.05) is 22.4 Å². The highest BCUT2D eigenvalue weighted by Crippen LogP contribution is 2.39. The SMILES string of the molecule is CS(=O)(=O)c1ccc(N2CC(O)(C(F)(F)F)N=C2c2ccc(-c3cccs3)cc2)cc1. The van der Waals surface area contributed by atoms with E-state index in [-0.39, 0.29) is 16.4 Å². The minimum Gasteiger partial charge on any atom is -0.361 e. The molecule has 5 nitrogen and oxygen atoms in total. The number of thiophene rings is 1. The molecule has 2 heterocycles. The maximum absolute atomic E-state index is 13.5. The number of anilines is 1. The molecule has 0 radical (unpaired) electrons. The Labute approximate surface area is 181 Å². The van der Waals surface area contributed by atoms with E-state index in [1.807, 2.05) is 17.5 Å². The largest absolute Gasteiger partial charge is 0.440 e. The molecule has 1 unspecified atom stereocenters. The van der Waals surface area contributed by atoms with Gasteiger partial charge in [0.1, 0.15) is 5.84 Å². The van der Waals surface area contributed by atoms with Crippen molar-refractivity contribution in [3.8, 4) is 10.4 Å². The van der Waals surface area contributed by atoms with Gasteiger partial charge < -0.3 is 10.0 Å². The van der Waals surface area contributed by atoms with Gasteiger partial charge in [-0.1, -0.05) is 30.3 Å². The molecule has 1 aromatic heterocycles. The van der Waals surface area contributed by atoms with Crippen LogP contribution in [0, 0.1) is 0 Å².